The molecule has 0 spiro atoms. The molecule has 1 saturated heterocycles. The SMILES string of the molecule is NC1C(O)C(CO)OC(Sc2cc(Br)cnc2Br)C1O. The molecular weight excluding hydrogens is 416 g/mol. The fourth-order valence-corrected chi connectivity index (χ4v) is 3.92. The van der Waals surface area contributed by atoms with Gasteiger partial charge in [-0.1, -0.05) is 11.8 Å². The van der Waals surface area contributed by atoms with E-state index < -0.39 is 29.8 Å². The molecule has 1 aliphatic heterocycles. The smallest absolute Gasteiger partial charge is 0.135 e. The van der Waals surface area contributed by atoms with Crippen LogP contribution in [0.15, 0.2) is 26.2 Å². The van der Waals surface area contributed by atoms with Crippen molar-refractivity contribution in [2.24, 2.45) is 5.73 Å². The van der Waals surface area contributed by atoms with Crippen LogP contribution in [-0.2, 0) is 4.74 Å². The molecular formula is C11H14Br2N2O4S. The molecule has 2 heterocycles. The second kappa shape index (κ2) is 7.01. The Labute approximate surface area is 137 Å². The zero-order valence-electron chi connectivity index (χ0n) is 10.2. The minimum Gasteiger partial charge on any atom is -0.394 e. The summed E-state index contributed by atoms with van der Waals surface area (Å²) in [5.41, 5.74) is 5.06. The second-order valence-corrected chi connectivity index (χ2v) is 7.15. The minimum atomic E-state index is -1.10. The molecule has 0 aliphatic carbocycles. The summed E-state index contributed by atoms with van der Waals surface area (Å²) in [4.78, 5) is 4.88. The quantitative estimate of drug-likeness (QED) is 0.517. The Morgan fingerprint density at radius 2 is 2.05 bits per heavy atom. The van der Waals surface area contributed by atoms with Gasteiger partial charge in [-0.25, -0.2) is 4.98 Å². The van der Waals surface area contributed by atoms with Crippen molar-refractivity contribution in [1.82, 2.24) is 4.98 Å². The maximum absolute atomic E-state index is 10.1. The second-order valence-electron chi connectivity index (χ2n) is 4.34. The molecule has 0 radical (unpaired) electrons. The molecule has 1 aromatic heterocycles. The van der Waals surface area contributed by atoms with Gasteiger partial charge in [-0.05, 0) is 37.9 Å². The number of hydrogen-bond donors (Lipinski definition) is 4. The number of aliphatic hydroxyl groups is 3. The van der Waals surface area contributed by atoms with E-state index in [0.29, 0.717) is 4.60 Å². The Morgan fingerprint density at radius 1 is 1.35 bits per heavy atom. The number of rotatable bonds is 3. The lowest BCUT2D eigenvalue weighted by Gasteiger charge is -2.40. The number of nitrogens with two attached hydrogens (primary N) is 1. The molecule has 112 valence electrons. The maximum Gasteiger partial charge on any atom is 0.135 e. The Bertz CT molecular complexity index is 480. The Balaban J connectivity index is 2.17. The highest BCUT2D eigenvalue weighted by molar-refractivity contribution is 9.11. The number of thioether (sulfide) groups is 1. The lowest BCUT2D eigenvalue weighted by molar-refractivity contribution is -0.160. The Kier molecular flexibility index (Phi) is 5.83. The molecule has 0 aromatic carbocycles. The van der Waals surface area contributed by atoms with Gasteiger partial charge >= 0.3 is 0 Å². The summed E-state index contributed by atoms with van der Waals surface area (Å²) in [5.74, 6) is 0. The summed E-state index contributed by atoms with van der Waals surface area (Å²) < 4.78 is 6.90. The van der Waals surface area contributed by atoms with Crippen LogP contribution in [0.4, 0.5) is 0 Å². The van der Waals surface area contributed by atoms with E-state index in [0.717, 1.165) is 9.37 Å². The fraction of sp³-hybridized carbons (Fsp3) is 0.545. The van der Waals surface area contributed by atoms with Crippen LogP contribution in [0.1, 0.15) is 0 Å². The van der Waals surface area contributed by atoms with Crippen molar-refractivity contribution in [2.75, 3.05) is 6.61 Å². The first-order valence-electron chi connectivity index (χ1n) is 5.79. The van der Waals surface area contributed by atoms with Crippen LogP contribution in [0.25, 0.3) is 0 Å². The highest BCUT2D eigenvalue weighted by atomic mass is 79.9. The van der Waals surface area contributed by atoms with Crippen LogP contribution in [0.3, 0.4) is 0 Å². The predicted molar refractivity (Wildman–Crippen MR) is 81.2 cm³/mol. The monoisotopic (exact) mass is 428 g/mol. The number of aliphatic hydroxyl groups excluding tert-OH is 3. The van der Waals surface area contributed by atoms with Gasteiger partial charge in [0.1, 0.15) is 28.4 Å². The fourth-order valence-electron chi connectivity index (χ4n) is 1.82. The number of aromatic nitrogens is 1. The molecule has 20 heavy (non-hydrogen) atoms. The van der Waals surface area contributed by atoms with Crippen molar-refractivity contribution in [2.45, 2.75) is 34.7 Å². The van der Waals surface area contributed by atoms with Gasteiger partial charge in [0.05, 0.1) is 12.6 Å². The molecule has 1 aliphatic rings. The van der Waals surface area contributed by atoms with E-state index in [1.165, 1.54) is 11.8 Å². The summed E-state index contributed by atoms with van der Waals surface area (Å²) in [6.45, 7) is -0.365. The summed E-state index contributed by atoms with van der Waals surface area (Å²) in [5, 5.41) is 29.1. The minimum absolute atomic E-state index is 0.365. The number of ether oxygens (including phenoxy) is 1. The molecule has 9 heteroatoms. The van der Waals surface area contributed by atoms with Crippen molar-refractivity contribution >= 4 is 43.6 Å². The first-order chi connectivity index (χ1) is 9.43. The lowest BCUT2D eigenvalue weighted by atomic mass is 9.98. The van der Waals surface area contributed by atoms with Crippen molar-refractivity contribution < 1.29 is 20.1 Å². The van der Waals surface area contributed by atoms with E-state index in [9.17, 15) is 15.3 Å². The van der Waals surface area contributed by atoms with Crippen molar-refractivity contribution in [3.63, 3.8) is 0 Å². The topological polar surface area (TPSA) is 109 Å². The van der Waals surface area contributed by atoms with Gasteiger partial charge in [0.25, 0.3) is 0 Å². The van der Waals surface area contributed by atoms with Gasteiger partial charge in [-0.15, -0.1) is 0 Å². The Morgan fingerprint density at radius 3 is 2.70 bits per heavy atom. The zero-order valence-corrected chi connectivity index (χ0v) is 14.2. The van der Waals surface area contributed by atoms with Gasteiger partial charge in [-0.3, -0.25) is 0 Å². The van der Waals surface area contributed by atoms with Gasteiger partial charge in [-0.2, -0.15) is 0 Å². The maximum atomic E-state index is 10.1. The third-order valence-corrected chi connectivity index (χ3v) is 5.47. The molecule has 1 fully saturated rings. The number of hydrogen-bond acceptors (Lipinski definition) is 7. The van der Waals surface area contributed by atoms with E-state index in [2.05, 4.69) is 36.8 Å². The van der Waals surface area contributed by atoms with E-state index in [1.807, 2.05) is 6.07 Å². The molecule has 2 rings (SSSR count). The molecule has 0 bridgehead atoms. The normalized spacial score (nSPS) is 34.2. The third kappa shape index (κ3) is 3.53. The zero-order chi connectivity index (χ0) is 14.9. The first kappa shape index (κ1) is 16.6. The molecule has 0 amide bonds. The van der Waals surface area contributed by atoms with Crippen LogP contribution in [-0.4, -0.2) is 56.7 Å². The standard InChI is InChI=1S/C11H14Br2N2O4S/c12-4-1-6(10(13)15-2-4)20-11-9(18)7(14)8(17)5(3-16)19-11/h1-2,5,7-9,11,16-18H,3,14H2. The lowest BCUT2D eigenvalue weighted by Crippen LogP contribution is -2.61. The first-order valence-corrected chi connectivity index (χ1v) is 8.26. The molecule has 5 atom stereocenters. The van der Waals surface area contributed by atoms with Crippen LogP contribution in [0.2, 0.25) is 0 Å². The van der Waals surface area contributed by atoms with E-state index >= 15 is 0 Å². The summed E-state index contributed by atoms with van der Waals surface area (Å²) in [6, 6.07) is 0.944. The van der Waals surface area contributed by atoms with E-state index in [4.69, 9.17) is 10.5 Å². The predicted octanol–water partition coefficient (Wildman–Crippen LogP) is 0.465. The summed E-state index contributed by atoms with van der Waals surface area (Å²) in [7, 11) is 0. The summed E-state index contributed by atoms with van der Waals surface area (Å²) >= 11 is 7.86. The molecule has 0 saturated carbocycles. The number of nitrogens with zero attached hydrogens (tertiary/aromatic N) is 1. The molecule has 6 nitrogen and oxygen atoms in total. The van der Waals surface area contributed by atoms with Crippen molar-refractivity contribution in [1.29, 1.82) is 0 Å². The van der Waals surface area contributed by atoms with Crippen molar-refractivity contribution in [3.8, 4) is 0 Å². The number of halogens is 2. The number of pyridine rings is 1. The van der Waals surface area contributed by atoms with Crippen LogP contribution in [0.5, 0.6) is 0 Å². The third-order valence-electron chi connectivity index (χ3n) is 2.95. The van der Waals surface area contributed by atoms with E-state index in [1.54, 1.807) is 6.20 Å². The average Bonchev–Trinajstić information content (AvgIpc) is 2.43. The Hall–Kier alpha value is 0.260. The highest BCUT2D eigenvalue weighted by Gasteiger charge is 2.42. The van der Waals surface area contributed by atoms with Gasteiger partial charge < -0.3 is 25.8 Å². The van der Waals surface area contributed by atoms with Gasteiger partial charge in [0.15, 0.2) is 0 Å². The largest absolute Gasteiger partial charge is 0.394 e. The molecule has 5 unspecified atom stereocenters. The highest BCUT2D eigenvalue weighted by Crippen LogP contribution is 2.36. The van der Waals surface area contributed by atoms with Gasteiger partial charge in [0.2, 0.25) is 0 Å². The average molecular weight is 430 g/mol. The van der Waals surface area contributed by atoms with Crippen LogP contribution < -0.4 is 5.73 Å². The van der Waals surface area contributed by atoms with Gasteiger partial charge in [0, 0.05) is 15.6 Å². The van der Waals surface area contributed by atoms with Crippen LogP contribution in [0, 0.1) is 0 Å². The molecule has 1 aromatic rings. The summed E-state index contributed by atoms with van der Waals surface area (Å²) in [6.07, 6.45) is -1.33. The van der Waals surface area contributed by atoms with E-state index in [-0.39, 0.29) is 6.61 Å². The van der Waals surface area contributed by atoms with Crippen molar-refractivity contribution in [3.05, 3.63) is 21.3 Å². The molecule has 5 N–H and O–H groups in total. The van der Waals surface area contributed by atoms with Crippen LogP contribution >= 0.6 is 43.6 Å².